The van der Waals surface area contributed by atoms with Gasteiger partial charge in [0.2, 0.25) is 9.04 Å². The first-order valence-corrected chi connectivity index (χ1v) is 4.99. The molecule has 0 fully saturated rings. The fourth-order valence-electron chi connectivity index (χ4n) is 0.273. The molecule has 7 heteroatoms. The molecule has 0 saturated carbocycles. The summed E-state index contributed by atoms with van der Waals surface area (Å²) in [7, 11) is 0. The van der Waals surface area contributed by atoms with Crippen molar-refractivity contribution < 1.29 is 4.74 Å². The summed E-state index contributed by atoms with van der Waals surface area (Å²) in [5.74, 6) is -0.317. The molecule has 68 valence electrons. The Labute approximate surface area is 94.8 Å². The molecule has 0 aliphatic heterocycles. The fraction of sp³-hybridized carbons (Fsp3) is 1.00. The highest BCUT2D eigenvalue weighted by Crippen LogP contribution is 2.35. The van der Waals surface area contributed by atoms with Gasteiger partial charge in [-0.2, -0.15) is 0 Å². The molecule has 0 bridgehead atoms. The predicted octanol–water partition coefficient (Wildman–Crippen LogP) is 3.74. The highest BCUT2D eigenvalue weighted by atomic mass is 35.5. The van der Waals surface area contributed by atoms with Crippen LogP contribution in [0, 0.1) is 0 Å². The van der Waals surface area contributed by atoms with Crippen molar-refractivity contribution in [2.75, 3.05) is 11.8 Å². The van der Waals surface area contributed by atoms with Crippen LogP contribution in [0.5, 0.6) is 0 Å². The van der Waals surface area contributed by atoms with Gasteiger partial charge in [0.1, 0.15) is 0 Å². The Bertz CT molecular complexity index is 110. The zero-order valence-corrected chi connectivity index (χ0v) is 9.63. The van der Waals surface area contributed by atoms with Crippen LogP contribution >= 0.6 is 69.6 Å². The molecule has 0 spiro atoms. The van der Waals surface area contributed by atoms with Crippen molar-refractivity contribution in [3.05, 3.63) is 0 Å². The van der Waals surface area contributed by atoms with Crippen LogP contribution in [0.3, 0.4) is 0 Å². The third-order valence-corrected chi connectivity index (χ3v) is 2.75. The molecule has 0 unspecified atom stereocenters. The largest absolute Gasteiger partial charge is 0.308 e. The first-order chi connectivity index (χ1) is 4.83. The van der Waals surface area contributed by atoms with Gasteiger partial charge in [0.05, 0.1) is 11.8 Å². The summed E-state index contributed by atoms with van der Waals surface area (Å²) in [6.45, 7) is 0. The molecule has 0 radical (unpaired) electrons. The molecular weight excluding hydrogens is 277 g/mol. The number of ether oxygens (including phenoxy) is 1. The molecule has 1 nitrogen and oxygen atoms in total. The van der Waals surface area contributed by atoms with Crippen LogP contribution in [0.15, 0.2) is 0 Å². The Hall–Kier alpha value is 1.70. The van der Waals surface area contributed by atoms with Crippen LogP contribution in [0.2, 0.25) is 0 Å². The summed E-state index contributed by atoms with van der Waals surface area (Å²) in [5, 5.41) is 0. The zero-order valence-electron chi connectivity index (χ0n) is 5.09. The number of hydrogen-bond acceptors (Lipinski definition) is 1. The smallest absolute Gasteiger partial charge is 0.233 e. The zero-order chi connectivity index (χ0) is 9.12. The summed E-state index contributed by atoms with van der Waals surface area (Å²) in [5.41, 5.74) is 0. The van der Waals surface area contributed by atoms with E-state index >= 15 is 0 Å². The number of alkyl halides is 6. The fourth-order valence-corrected chi connectivity index (χ4v) is 1.07. The minimum atomic E-state index is -1.61. The van der Waals surface area contributed by atoms with E-state index in [1.165, 1.54) is 0 Å². The highest BCUT2D eigenvalue weighted by Gasteiger charge is 2.36. The van der Waals surface area contributed by atoms with E-state index < -0.39 is 9.04 Å². The molecule has 0 saturated heterocycles. The van der Waals surface area contributed by atoms with Gasteiger partial charge in [-0.15, -0.1) is 23.2 Å². The molecule has 0 N–H and O–H groups in total. The van der Waals surface area contributed by atoms with Crippen molar-refractivity contribution in [2.45, 2.75) is 9.04 Å². The number of rotatable bonds is 4. The minimum Gasteiger partial charge on any atom is -0.308 e. The second kappa shape index (κ2) is 4.80. The lowest BCUT2D eigenvalue weighted by molar-refractivity contribution is 0.0539. The Morgan fingerprint density at radius 1 is 0.818 bits per heavy atom. The van der Waals surface area contributed by atoms with Gasteiger partial charge in [0.15, 0.2) is 0 Å². The van der Waals surface area contributed by atoms with Gasteiger partial charge in [-0.25, -0.2) is 0 Å². The maximum Gasteiger partial charge on any atom is 0.233 e. The molecule has 0 amide bonds. The monoisotopic (exact) mass is 278 g/mol. The molecule has 0 aliphatic rings. The maximum absolute atomic E-state index is 5.47. The molecule has 11 heavy (non-hydrogen) atoms. The SMILES string of the molecule is ClCC(Cl)(Cl)OC(Cl)(Cl)CCl. The summed E-state index contributed by atoms with van der Waals surface area (Å²) in [4.78, 5) is 0. The van der Waals surface area contributed by atoms with Crippen molar-refractivity contribution >= 4 is 69.6 Å². The van der Waals surface area contributed by atoms with Crippen LogP contribution in [0.1, 0.15) is 0 Å². The molecule has 0 atom stereocenters. The third kappa shape index (κ3) is 5.87. The Morgan fingerprint density at radius 2 is 1.09 bits per heavy atom. The lowest BCUT2D eigenvalue weighted by Crippen LogP contribution is -2.32. The lowest BCUT2D eigenvalue weighted by Gasteiger charge is -2.25. The second-order valence-electron chi connectivity index (χ2n) is 1.64. The minimum absolute atomic E-state index is 0.159. The molecule has 0 aliphatic carbocycles. The summed E-state index contributed by atoms with van der Waals surface area (Å²) < 4.78 is 1.50. The van der Waals surface area contributed by atoms with E-state index in [2.05, 4.69) is 0 Å². The third-order valence-electron chi connectivity index (χ3n) is 0.610. The number of halogens is 6. The summed E-state index contributed by atoms with van der Waals surface area (Å²) >= 11 is 32.5. The first kappa shape index (κ1) is 12.7. The van der Waals surface area contributed by atoms with Gasteiger partial charge < -0.3 is 4.74 Å². The van der Waals surface area contributed by atoms with Gasteiger partial charge in [-0.05, 0) is 0 Å². The van der Waals surface area contributed by atoms with E-state index in [4.69, 9.17) is 74.3 Å². The molecule has 0 aromatic carbocycles. The van der Waals surface area contributed by atoms with Crippen LogP contribution < -0.4 is 0 Å². The van der Waals surface area contributed by atoms with Crippen LogP contribution in [0.4, 0.5) is 0 Å². The average Bonchev–Trinajstić information content (AvgIpc) is 1.86. The molecular formula is C4H4Cl6O. The van der Waals surface area contributed by atoms with Crippen LogP contribution in [-0.2, 0) is 4.74 Å². The van der Waals surface area contributed by atoms with E-state index in [1.54, 1.807) is 0 Å². The topological polar surface area (TPSA) is 9.23 Å². The molecule has 0 rings (SSSR count). The van der Waals surface area contributed by atoms with Crippen molar-refractivity contribution in [3.63, 3.8) is 0 Å². The van der Waals surface area contributed by atoms with Crippen LogP contribution in [-0.4, -0.2) is 20.8 Å². The van der Waals surface area contributed by atoms with Crippen molar-refractivity contribution in [1.82, 2.24) is 0 Å². The van der Waals surface area contributed by atoms with Gasteiger partial charge in [-0.3, -0.25) is 0 Å². The quantitative estimate of drug-likeness (QED) is 0.713. The molecule has 0 aromatic heterocycles. The Balaban J connectivity index is 4.02. The highest BCUT2D eigenvalue weighted by molar-refractivity contribution is 6.53. The van der Waals surface area contributed by atoms with Gasteiger partial charge in [-0.1, -0.05) is 46.4 Å². The second-order valence-corrected chi connectivity index (χ2v) is 5.01. The van der Waals surface area contributed by atoms with Gasteiger partial charge >= 0.3 is 0 Å². The average molecular weight is 281 g/mol. The molecule has 0 heterocycles. The van der Waals surface area contributed by atoms with Crippen molar-refractivity contribution in [3.8, 4) is 0 Å². The van der Waals surface area contributed by atoms with Gasteiger partial charge in [0.25, 0.3) is 0 Å². The first-order valence-electron chi connectivity index (χ1n) is 2.41. The van der Waals surface area contributed by atoms with E-state index in [-0.39, 0.29) is 11.8 Å². The number of hydrogen-bond donors (Lipinski definition) is 0. The van der Waals surface area contributed by atoms with Gasteiger partial charge in [0, 0.05) is 0 Å². The Kier molecular flexibility index (Phi) is 5.55. The standard InChI is InChI=1S/C4H4Cl6O/c5-1-3(7,8)11-4(9,10)2-6/h1-2H2. The summed E-state index contributed by atoms with van der Waals surface area (Å²) in [6, 6.07) is 0. The Morgan fingerprint density at radius 3 is 1.27 bits per heavy atom. The normalized spacial score (nSPS) is 13.6. The van der Waals surface area contributed by atoms with E-state index in [0.29, 0.717) is 0 Å². The van der Waals surface area contributed by atoms with Crippen molar-refractivity contribution in [1.29, 1.82) is 0 Å². The molecule has 0 aromatic rings. The maximum atomic E-state index is 5.47. The van der Waals surface area contributed by atoms with Crippen LogP contribution in [0.25, 0.3) is 0 Å². The van der Waals surface area contributed by atoms with E-state index in [9.17, 15) is 0 Å². The van der Waals surface area contributed by atoms with E-state index in [0.717, 1.165) is 0 Å². The summed E-state index contributed by atoms with van der Waals surface area (Å²) in [6.07, 6.45) is 0. The van der Waals surface area contributed by atoms with Crippen molar-refractivity contribution in [2.24, 2.45) is 0 Å². The van der Waals surface area contributed by atoms with E-state index in [1.807, 2.05) is 0 Å². The predicted molar refractivity (Wildman–Crippen MR) is 51.4 cm³/mol. The lowest BCUT2D eigenvalue weighted by atomic mass is 10.7.